The lowest BCUT2D eigenvalue weighted by molar-refractivity contribution is -1.02. The molecule has 0 spiro atoms. The molecule has 23 heavy (non-hydrogen) atoms. The average Bonchev–Trinajstić information content (AvgIpc) is 2.59. The predicted octanol–water partition coefficient (Wildman–Crippen LogP) is 1.04. The number of aryl methyl sites for hydroxylation is 2. The zero-order valence-electron chi connectivity index (χ0n) is 14.6. The molecule has 122 valence electrons. The fraction of sp³-hybridized carbons (Fsp3) is 0.429. The summed E-state index contributed by atoms with van der Waals surface area (Å²) in [5, 5.41) is 0. The Morgan fingerprint density at radius 3 is 1.48 bits per heavy atom. The van der Waals surface area contributed by atoms with E-state index in [0.29, 0.717) is 0 Å². The fourth-order valence-electron chi connectivity index (χ4n) is 3.49. The maximum absolute atomic E-state index is 2.32. The first kappa shape index (κ1) is 16.2. The molecule has 0 radical (unpaired) electrons. The molecule has 0 unspecified atom stereocenters. The number of benzene rings is 2. The van der Waals surface area contributed by atoms with Gasteiger partial charge in [0.05, 0.1) is 0 Å². The van der Waals surface area contributed by atoms with E-state index in [1.807, 2.05) is 0 Å². The van der Waals surface area contributed by atoms with E-state index in [0.717, 1.165) is 6.42 Å². The van der Waals surface area contributed by atoms with Crippen LogP contribution in [-0.2, 0) is 19.5 Å². The number of piperazine rings is 1. The van der Waals surface area contributed by atoms with Crippen molar-refractivity contribution in [3.8, 4) is 0 Å². The number of quaternary nitrogens is 2. The standard InChI is InChI=1S/C21H28N2/c1-3-19-8-10-21(11-9-19)17-23-14-12-22(13-15-23)16-20-6-4-18(2)5-7-20/h4-11H,3,12-17H2,1-2H3/p+2. The first-order valence-electron chi connectivity index (χ1n) is 9.03. The zero-order valence-corrected chi connectivity index (χ0v) is 14.6. The van der Waals surface area contributed by atoms with E-state index in [-0.39, 0.29) is 0 Å². The van der Waals surface area contributed by atoms with E-state index in [1.54, 1.807) is 9.80 Å². The third kappa shape index (κ3) is 4.66. The Balaban J connectivity index is 1.47. The Bertz CT molecular complexity index is 593. The average molecular weight is 310 g/mol. The molecule has 0 amide bonds. The van der Waals surface area contributed by atoms with Crippen molar-refractivity contribution in [3.05, 3.63) is 70.8 Å². The lowest BCUT2D eigenvalue weighted by Gasteiger charge is -2.29. The van der Waals surface area contributed by atoms with Crippen molar-refractivity contribution >= 4 is 0 Å². The first-order chi connectivity index (χ1) is 11.2. The lowest BCUT2D eigenvalue weighted by atomic mass is 10.1. The van der Waals surface area contributed by atoms with E-state index in [9.17, 15) is 0 Å². The minimum Gasteiger partial charge on any atom is -0.322 e. The summed E-state index contributed by atoms with van der Waals surface area (Å²) < 4.78 is 0. The fourth-order valence-corrected chi connectivity index (χ4v) is 3.49. The predicted molar refractivity (Wildman–Crippen MR) is 95.8 cm³/mol. The summed E-state index contributed by atoms with van der Waals surface area (Å²) in [4.78, 5) is 3.47. The van der Waals surface area contributed by atoms with Crippen LogP contribution in [0.4, 0.5) is 0 Å². The summed E-state index contributed by atoms with van der Waals surface area (Å²) in [6.07, 6.45) is 1.13. The maximum Gasteiger partial charge on any atom is 0.127 e. The Hall–Kier alpha value is -1.64. The van der Waals surface area contributed by atoms with Crippen LogP contribution in [0.15, 0.2) is 48.5 Å². The molecule has 2 aromatic rings. The Morgan fingerprint density at radius 2 is 1.04 bits per heavy atom. The molecule has 1 heterocycles. The molecule has 0 bridgehead atoms. The van der Waals surface area contributed by atoms with Gasteiger partial charge < -0.3 is 9.80 Å². The zero-order chi connectivity index (χ0) is 16.1. The van der Waals surface area contributed by atoms with Gasteiger partial charge >= 0.3 is 0 Å². The molecule has 1 aliphatic heterocycles. The molecule has 0 atom stereocenters. The van der Waals surface area contributed by atoms with Gasteiger partial charge in [0, 0.05) is 11.1 Å². The summed E-state index contributed by atoms with van der Waals surface area (Å²) in [5.41, 5.74) is 5.76. The Kier molecular flexibility index (Phi) is 5.47. The van der Waals surface area contributed by atoms with E-state index in [4.69, 9.17) is 0 Å². The second kappa shape index (κ2) is 7.76. The van der Waals surface area contributed by atoms with Gasteiger partial charge in [0.1, 0.15) is 39.3 Å². The highest BCUT2D eigenvalue weighted by Gasteiger charge is 2.22. The van der Waals surface area contributed by atoms with Gasteiger partial charge in [-0.25, -0.2) is 0 Å². The van der Waals surface area contributed by atoms with Gasteiger partial charge in [-0.15, -0.1) is 0 Å². The smallest absolute Gasteiger partial charge is 0.127 e. The third-order valence-corrected chi connectivity index (χ3v) is 5.12. The summed E-state index contributed by atoms with van der Waals surface area (Å²) in [6.45, 7) is 11.9. The third-order valence-electron chi connectivity index (χ3n) is 5.12. The van der Waals surface area contributed by atoms with Crippen LogP contribution >= 0.6 is 0 Å². The SMILES string of the molecule is CCc1ccc(C[NH+]2CC[NH+](Cc3ccc(C)cc3)CC2)cc1. The highest BCUT2D eigenvalue weighted by molar-refractivity contribution is 5.22. The molecule has 1 aliphatic rings. The van der Waals surface area contributed by atoms with Gasteiger partial charge in [0.15, 0.2) is 0 Å². The van der Waals surface area contributed by atoms with Crippen LogP contribution in [-0.4, -0.2) is 26.2 Å². The van der Waals surface area contributed by atoms with Crippen LogP contribution < -0.4 is 9.80 Å². The molecule has 2 aromatic carbocycles. The van der Waals surface area contributed by atoms with Gasteiger partial charge in [-0.2, -0.15) is 0 Å². The van der Waals surface area contributed by atoms with E-state index < -0.39 is 0 Å². The Labute approximate surface area is 140 Å². The number of nitrogens with one attached hydrogen (secondary N) is 2. The molecule has 0 saturated carbocycles. The highest BCUT2D eigenvalue weighted by atomic mass is 15.3. The van der Waals surface area contributed by atoms with Crippen molar-refractivity contribution in [1.29, 1.82) is 0 Å². The molecule has 0 aliphatic carbocycles. The quantitative estimate of drug-likeness (QED) is 0.817. The molecule has 1 saturated heterocycles. The molecule has 0 aromatic heterocycles. The van der Waals surface area contributed by atoms with E-state index in [2.05, 4.69) is 62.4 Å². The summed E-state index contributed by atoms with van der Waals surface area (Å²) >= 11 is 0. The minimum absolute atomic E-state index is 1.13. The van der Waals surface area contributed by atoms with E-state index in [1.165, 1.54) is 61.5 Å². The largest absolute Gasteiger partial charge is 0.322 e. The van der Waals surface area contributed by atoms with E-state index >= 15 is 0 Å². The molecular formula is C21H30N2+2. The van der Waals surface area contributed by atoms with Gasteiger partial charge in [0.25, 0.3) is 0 Å². The topological polar surface area (TPSA) is 8.88 Å². The van der Waals surface area contributed by atoms with Gasteiger partial charge in [-0.3, -0.25) is 0 Å². The molecular weight excluding hydrogens is 280 g/mol. The van der Waals surface area contributed by atoms with Crippen molar-refractivity contribution in [2.75, 3.05) is 26.2 Å². The van der Waals surface area contributed by atoms with Gasteiger partial charge in [0.2, 0.25) is 0 Å². The van der Waals surface area contributed by atoms with Crippen molar-refractivity contribution in [3.63, 3.8) is 0 Å². The van der Waals surface area contributed by atoms with Crippen LogP contribution in [0.5, 0.6) is 0 Å². The Morgan fingerprint density at radius 1 is 0.652 bits per heavy atom. The highest BCUT2D eigenvalue weighted by Crippen LogP contribution is 2.04. The first-order valence-corrected chi connectivity index (χ1v) is 9.03. The maximum atomic E-state index is 2.32. The van der Waals surface area contributed by atoms with Crippen molar-refractivity contribution < 1.29 is 9.80 Å². The van der Waals surface area contributed by atoms with Gasteiger partial charge in [-0.1, -0.05) is 61.0 Å². The van der Waals surface area contributed by atoms with Crippen LogP contribution in [0.25, 0.3) is 0 Å². The van der Waals surface area contributed by atoms with Crippen molar-refractivity contribution in [2.45, 2.75) is 33.4 Å². The minimum atomic E-state index is 1.13. The molecule has 1 fully saturated rings. The van der Waals surface area contributed by atoms with Crippen molar-refractivity contribution in [2.24, 2.45) is 0 Å². The number of hydrogen-bond acceptors (Lipinski definition) is 0. The number of hydrogen-bond donors (Lipinski definition) is 2. The van der Waals surface area contributed by atoms with Crippen molar-refractivity contribution in [1.82, 2.24) is 0 Å². The molecule has 3 rings (SSSR count). The monoisotopic (exact) mass is 310 g/mol. The second-order valence-electron chi connectivity index (χ2n) is 7.01. The lowest BCUT2D eigenvalue weighted by Crippen LogP contribution is -3.27. The summed E-state index contributed by atoms with van der Waals surface area (Å²) in [5.74, 6) is 0. The normalized spacial score (nSPS) is 21.3. The molecule has 2 nitrogen and oxygen atoms in total. The van der Waals surface area contributed by atoms with Gasteiger partial charge in [-0.05, 0) is 18.9 Å². The van der Waals surface area contributed by atoms with Crippen LogP contribution in [0.2, 0.25) is 0 Å². The van der Waals surface area contributed by atoms with Crippen LogP contribution in [0.1, 0.15) is 29.2 Å². The molecule has 2 N–H and O–H groups in total. The second-order valence-corrected chi connectivity index (χ2v) is 7.01. The van der Waals surface area contributed by atoms with Crippen LogP contribution in [0.3, 0.4) is 0 Å². The van der Waals surface area contributed by atoms with Crippen LogP contribution in [0, 0.1) is 6.92 Å². The number of rotatable bonds is 5. The summed E-state index contributed by atoms with van der Waals surface area (Å²) in [6, 6.07) is 18.2. The summed E-state index contributed by atoms with van der Waals surface area (Å²) in [7, 11) is 0. The molecule has 2 heteroatoms.